The Morgan fingerprint density at radius 1 is 1.30 bits per heavy atom. The molecule has 1 aliphatic heterocycles. The summed E-state index contributed by atoms with van der Waals surface area (Å²) in [6, 6.07) is 6.37. The summed E-state index contributed by atoms with van der Waals surface area (Å²) in [6.45, 7) is 8.01. The normalized spacial score (nSPS) is 21.1. The van der Waals surface area contributed by atoms with Crippen LogP contribution >= 0.6 is 0 Å². The van der Waals surface area contributed by atoms with Crippen molar-refractivity contribution in [3.05, 3.63) is 35.6 Å². The Morgan fingerprint density at radius 2 is 1.95 bits per heavy atom. The van der Waals surface area contributed by atoms with Gasteiger partial charge in [-0.05, 0) is 42.4 Å². The predicted molar refractivity (Wildman–Crippen MR) is 79.0 cm³/mol. The minimum absolute atomic E-state index is 0.166. The molecule has 1 aromatic carbocycles. The van der Waals surface area contributed by atoms with Crippen molar-refractivity contribution in [2.24, 2.45) is 11.8 Å². The molecule has 110 valence electrons. The molecule has 2 nitrogen and oxygen atoms in total. The van der Waals surface area contributed by atoms with E-state index in [1.165, 1.54) is 18.6 Å². The number of benzene rings is 1. The molecule has 20 heavy (non-hydrogen) atoms. The first-order chi connectivity index (χ1) is 9.49. The molecule has 0 aromatic heterocycles. The van der Waals surface area contributed by atoms with Crippen LogP contribution in [-0.2, 0) is 4.79 Å². The molecule has 0 saturated carbocycles. The largest absolute Gasteiger partial charge is 0.342 e. The monoisotopic (exact) mass is 277 g/mol. The highest BCUT2D eigenvalue weighted by Gasteiger charge is 2.30. The van der Waals surface area contributed by atoms with E-state index in [0.717, 1.165) is 25.1 Å². The Labute approximate surface area is 121 Å². The minimum atomic E-state index is -0.254. The number of hydrogen-bond acceptors (Lipinski definition) is 1. The van der Waals surface area contributed by atoms with Crippen LogP contribution in [0.2, 0.25) is 0 Å². The number of carbonyl (C=O) groups is 1. The maximum absolute atomic E-state index is 13.1. The van der Waals surface area contributed by atoms with Crippen LogP contribution in [-0.4, -0.2) is 23.9 Å². The van der Waals surface area contributed by atoms with Gasteiger partial charge in [0, 0.05) is 13.1 Å². The van der Waals surface area contributed by atoms with E-state index in [-0.39, 0.29) is 23.6 Å². The maximum Gasteiger partial charge on any atom is 0.230 e. The third-order valence-corrected chi connectivity index (χ3v) is 4.13. The fourth-order valence-corrected chi connectivity index (χ4v) is 3.07. The standard InChI is InChI=1S/C17H24FNO/c1-12(2)16(14-6-8-15(18)9-7-14)17(20)19-10-4-5-13(3)11-19/h6-9,12-13,16H,4-5,10-11H2,1-3H3. The quantitative estimate of drug-likeness (QED) is 0.822. The number of rotatable bonds is 3. The summed E-state index contributed by atoms with van der Waals surface area (Å²) in [5, 5.41) is 0. The predicted octanol–water partition coefficient (Wildman–Crippen LogP) is 3.82. The lowest BCUT2D eigenvalue weighted by Gasteiger charge is -2.35. The van der Waals surface area contributed by atoms with Crippen molar-refractivity contribution in [1.82, 2.24) is 4.90 Å². The van der Waals surface area contributed by atoms with Gasteiger partial charge in [0.15, 0.2) is 0 Å². The van der Waals surface area contributed by atoms with E-state index in [4.69, 9.17) is 0 Å². The summed E-state index contributed by atoms with van der Waals surface area (Å²) >= 11 is 0. The highest BCUT2D eigenvalue weighted by molar-refractivity contribution is 5.84. The van der Waals surface area contributed by atoms with Gasteiger partial charge in [-0.15, -0.1) is 0 Å². The van der Waals surface area contributed by atoms with Gasteiger partial charge in [-0.25, -0.2) is 4.39 Å². The SMILES string of the molecule is CC1CCCN(C(=O)C(c2ccc(F)cc2)C(C)C)C1. The van der Waals surface area contributed by atoms with Crippen LogP contribution in [0.25, 0.3) is 0 Å². The van der Waals surface area contributed by atoms with Gasteiger partial charge in [0.05, 0.1) is 5.92 Å². The molecule has 1 saturated heterocycles. The van der Waals surface area contributed by atoms with E-state index in [9.17, 15) is 9.18 Å². The lowest BCUT2D eigenvalue weighted by molar-refractivity contribution is -0.135. The molecule has 1 aromatic rings. The van der Waals surface area contributed by atoms with Crippen LogP contribution in [0.4, 0.5) is 4.39 Å². The van der Waals surface area contributed by atoms with Gasteiger partial charge in [-0.3, -0.25) is 4.79 Å². The van der Waals surface area contributed by atoms with Gasteiger partial charge in [-0.2, -0.15) is 0 Å². The van der Waals surface area contributed by atoms with Crippen LogP contribution in [0, 0.1) is 17.7 Å². The summed E-state index contributed by atoms with van der Waals surface area (Å²) in [4.78, 5) is 14.8. The van der Waals surface area contributed by atoms with Crippen molar-refractivity contribution in [2.75, 3.05) is 13.1 Å². The first-order valence-corrected chi connectivity index (χ1v) is 7.53. The fraction of sp³-hybridized carbons (Fsp3) is 0.588. The van der Waals surface area contributed by atoms with Crippen LogP contribution in [0.5, 0.6) is 0 Å². The fourth-order valence-electron chi connectivity index (χ4n) is 3.07. The smallest absolute Gasteiger partial charge is 0.230 e. The van der Waals surface area contributed by atoms with Gasteiger partial charge in [0.2, 0.25) is 5.91 Å². The number of hydrogen-bond donors (Lipinski definition) is 0. The molecule has 1 aliphatic rings. The zero-order chi connectivity index (χ0) is 14.7. The molecular weight excluding hydrogens is 253 g/mol. The van der Waals surface area contributed by atoms with E-state index in [0.29, 0.717) is 5.92 Å². The lowest BCUT2D eigenvalue weighted by Crippen LogP contribution is -2.42. The van der Waals surface area contributed by atoms with E-state index in [1.807, 2.05) is 4.90 Å². The molecule has 1 heterocycles. The number of amides is 1. The van der Waals surface area contributed by atoms with Gasteiger partial charge in [-0.1, -0.05) is 32.9 Å². The topological polar surface area (TPSA) is 20.3 Å². The average Bonchev–Trinajstić information content (AvgIpc) is 2.41. The van der Waals surface area contributed by atoms with Gasteiger partial charge in [0.1, 0.15) is 5.82 Å². The molecule has 1 amide bonds. The van der Waals surface area contributed by atoms with Crippen molar-refractivity contribution in [2.45, 2.75) is 39.5 Å². The molecule has 3 heteroatoms. The average molecular weight is 277 g/mol. The van der Waals surface area contributed by atoms with Gasteiger partial charge < -0.3 is 4.90 Å². The molecule has 2 atom stereocenters. The summed E-state index contributed by atoms with van der Waals surface area (Å²) in [6.07, 6.45) is 2.29. The van der Waals surface area contributed by atoms with E-state index < -0.39 is 0 Å². The van der Waals surface area contributed by atoms with E-state index >= 15 is 0 Å². The molecule has 0 N–H and O–H groups in total. The van der Waals surface area contributed by atoms with Crippen molar-refractivity contribution < 1.29 is 9.18 Å². The third-order valence-electron chi connectivity index (χ3n) is 4.13. The van der Waals surface area contributed by atoms with Crippen molar-refractivity contribution >= 4 is 5.91 Å². The summed E-state index contributed by atoms with van der Waals surface area (Å²) in [5.41, 5.74) is 0.921. The van der Waals surface area contributed by atoms with Crippen LogP contribution < -0.4 is 0 Å². The summed E-state index contributed by atoms with van der Waals surface area (Å²) < 4.78 is 13.1. The Bertz CT molecular complexity index is 455. The minimum Gasteiger partial charge on any atom is -0.342 e. The van der Waals surface area contributed by atoms with Gasteiger partial charge in [0.25, 0.3) is 0 Å². The number of likely N-dealkylation sites (tertiary alicyclic amines) is 1. The second-order valence-electron chi connectivity index (χ2n) is 6.30. The zero-order valence-electron chi connectivity index (χ0n) is 12.6. The van der Waals surface area contributed by atoms with Crippen molar-refractivity contribution in [3.8, 4) is 0 Å². The first-order valence-electron chi connectivity index (χ1n) is 7.53. The number of piperidine rings is 1. The molecular formula is C17H24FNO. The lowest BCUT2D eigenvalue weighted by atomic mass is 9.86. The molecule has 1 fully saturated rings. The van der Waals surface area contributed by atoms with Crippen LogP contribution in [0.15, 0.2) is 24.3 Å². The van der Waals surface area contributed by atoms with Gasteiger partial charge >= 0.3 is 0 Å². The molecule has 2 rings (SSSR count). The highest BCUT2D eigenvalue weighted by Crippen LogP contribution is 2.29. The van der Waals surface area contributed by atoms with Crippen molar-refractivity contribution in [1.29, 1.82) is 0 Å². The molecule has 0 radical (unpaired) electrons. The second-order valence-corrected chi connectivity index (χ2v) is 6.30. The Balaban J connectivity index is 2.19. The van der Waals surface area contributed by atoms with Crippen LogP contribution in [0.3, 0.4) is 0 Å². The Morgan fingerprint density at radius 3 is 2.50 bits per heavy atom. The Kier molecular flexibility index (Phi) is 4.79. The number of halogens is 1. The van der Waals surface area contributed by atoms with Crippen molar-refractivity contribution in [3.63, 3.8) is 0 Å². The molecule has 2 unspecified atom stereocenters. The zero-order valence-corrected chi connectivity index (χ0v) is 12.6. The van der Waals surface area contributed by atoms with E-state index in [1.54, 1.807) is 12.1 Å². The number of nitrogens with zero attached hydrogens (tertiary/aromatic N) is 1. The molecule has 0 bridgehead atoms. The first kappa shape index (κ1) is 15.0. The van der Waals surface area contributed by atoms with Crippen LogP contribution in [0.1, 0.15) is 45.1 Å². The second kappa shape index (κ2) is 6.38. The highest BCUT2D eigenvalue weighted by atomic mass is 19.1. The maximum atomic E-state index is 13.1. The number of carbonyl (C=O) groups excluding carboxylic acids is 1. The third kappa shape index (κ3) is 3.38. The van der Waals surface area contributed by atoms with E-state index in [2.05, 4.69) is 20.8 Å². The Hall–Kier alpha value is -1.38. The molecule has 0 spiro atoms. The summed E-state index contributed by atoms with van der Waals surface area (Å²) in [7, 11) is 0. The summed E-state index contributed by atoms with van der Waals surface area (Å²) in [5.74, 6) is 0.563. The molecule has 0 aliphatic carbocycles.